The average Bonchev–Trinajstić information content (AvgIpc) is 2.35. The Morgan fingerprint density at radius 2 is 2.27 bits per heavy atom. The van der Waals surface area contributed by atoms with Crippen LogP contribution < -0.4 is 11.1 Å². The molecule has 1 radical (unpaired) electrons. The van der Waals surface area contributed by atoms with Crippen LogP contribution in [0.25, 0.3) is 0 Å². The van der Waals surface area contributed by atoms with E-state index < -0.39 is 11.9 Å². The fraction of sp³-hybridized carbons (Fsp3) is 0. The van der Waals surface area contributed by atoms with Crippen LogP contribution in [0.1, 0.15) is 10.4 Å². The molecule has 0 bridgehead atoms. The lowest BCUT2D eigenvalue weighted by Crippen LogP contribution is -2.27. The lowest BCUT2D eigenvalue weighted by atomic mass is 10.3. The molecule has 0 aliphatic rings. The molecule has 0 spiro atoms. The van der Waals surface area contributed by atoms with Crippen molar-refractivity contribution in [2.45, 2.75) is 0 Å². The molecule has 0 saturated carbocycles. The summed E-state index contributed by atoms with van der Waals surface area (Å²) in [4.78, 5) is 21.0. The summed E-state index contributed by atoms with van der Waals surface area (Å²) < 4.78 is 0. The van der Waals surface area contributed by atoms with Gasteiger partial charge in [-0.3, -0.25) is 4.79 Å². The van der Waals surface area contributed by atoms with E-state index in [1.165, 1.54) is 11.3 Å². The number of amides is 3. The highest BCUT2D eigenvalue weighted by Crippen LogP contribution is 2.05. The number of hydrogen-bond donors (Lipinski definition) is 1. The Morgan fingerprint density at radius 3 is 2.73 bits per heavy atom. The zero-order chi connectivity index (χ0) is 8.27. The SMILES string of the molecule is NC(=O)[N]C(=O)c1ccsc1. The van der Waals surface area contributed by atoms with Gasteiger partial charge in [0.15, 0.2) is 0 Å². The second kappa shape index (κ2) is 3.16. The van der Waals surface area contributed by atoms with Gasteiger partial charge in [0.05, 0.1) is 5.56 Å². The number of nitrogens with zero attached hydrogens (tertiary/aromatic N) is 1. The Labute approximate surface area is 67.0 Å². The summed E-state index contributed by atoms with van der Waals surface area (Å²) >= 11 is 1.36. The molecule has 1 aromatic heterocycles. The summed E-state index contributed by atoms with van der Waals surface area (Å²) in [5.74, 6) is -0.584. The highest BCUT2D eigenvalue weighted by Gasteiger charge is 2.09. The van der Waals surface area contributed by atoms with Crippen LogP contribution in [-0.2, 0) is 0 Å². The van der Waals surface area contributed by atoms with Gasteiger partial charge >= 0.3 is 6.03 Å². The Balaban J connectivity index is 2.64. The maximum Gasteiger partial charge on any atom is 0.341 e. The number of nitrogens with two attached hydrogens (primary N) is 1. The number of carbonyl (C=O) groups excluding carboxylic acids is 2. The number of imide groups is 1. The molecule has 0 aromatic carbocycles. The average molecular weight is 169 g/mol. The van der Waals surface area contributed by atoms with Gasteiger partial charge in [0.2, 0.25) is 0 Å². The highest BCUT2D eigenvalue weighted by atomic mass is 32.1. The maximum absolute atomic E-state index is 10.9. The van der Waals surface area contributed by atoms with Crippen molar-refractivity contribution in [2.24, 2.45) is 5.73 Å². The standard InChI is InChI=1S/C6H5N2O2S/c7-6(10)8-5(9)4-1-2-11-3-4/h1-3H,(H2,7,10). The van der Waals surface area contributed by atoms with Crippen LogP contribution in [0.3, 0.4) is 0 Å². The molecule has 2 N–H and O–H groups in total. The number of primary amides is 1. The number of rotatable bonds is 1. The zero-order valence-electron chi connectivity index (χ0n) is 5.48. The molecule has 0 aliphatic carbocycles. The second-order valence-electron chi connectivity index (χ2n) is 1.77. The fourth-order valence-electron chi connectivity index (χ4n) is 0.551. The predicted molar refractivity (Wildman–Crippen MR) is 40.4 cm³/mol. The van der Waals surface area contributed by atoms with Crippen molar-refractivity contribution in [2.75, 3.05) is 0 Å². The third kappa shape index (κ3) is 2.05. The van der Waals surface area contributed by atoms with Crippen LogP contribution >= 0.6 is 11.3 Å². The van der Waals surface area contributed by atoms with Crippen LogP contribution in [0, 0.1) is 0 Å². The van der Waals surface area contributed by atoms with Gasteiger partial charge in [0.1, 0.15) is 0 Å². The van der Waals surface area contributed by atoms with Crippen LogP contribution in [-0.4, -0.2) is 11.9 Å². The minimum absolute atomic E-state index is 0.397. The van der Waals surface area contributed by atoms with Crippen molar-refractivity contribution >= 4 is 23.3 Å². The van der Waals surface area contributed by atoms with Gasteiger partial charge in [-0.1, -0.05) is 0 Å². The molecule has 5 heteroatoms. The lowest BCUT2D eigenvalue weighted by Gasteiger charge is -1.91. The number of urea groups is 1. The minimum Gasteiger partial charge on any atom is -0.350 e. The van der Waals surface area contributed by atoms with E-state index in [2.05, 4.69) is 11.1 Å². The summed E-state index contributed by atoms with van der Waals surface area (Å²) in [5, 5.41) is 6.36. The monoisotopic (exact) mass is 169 g/mol. The topological polar surface area (TPSA) is 74.3 Å². The highest BCUT2D eigenvalue weighted by molar-refractivity contribution is 7.08. The first-order valence-corrected chi connectivity index (χ1v) is 3.72. The van der Waals surface area contributed by atoms with Crippen LogP contribution in [0.5, 0.6) is 0 Å². The molecule has 0 aliphatic heterocycles. The molecule has 0 unspecified atom stereocenters. The number of thiophene rings is 1. The van der Waals surface area contributed by atoms with Crippen molar-refractivity contribution in [1.82, 2.24) is 5.32 Å². The lowest BCUT2D eigenvalue weighted by molar-refractivity contribution is 0.0962. The molecule has 0 saturated heterocycles. The Hall–Kier alpha value is -1.36. The van der Waals surface area contributed by atoms with Gasteiger partial charge in [0, 0.05) is 5.38 Å². The van der Waals surface area contributed by atoms with E-state index in [1.807, 2.05) is 0 Å². The molecule has 3 amide bonds. The first kappa shape index (κ1) is 7.74. The van der Waals surface area contributed by atoms with Gasteiger partial charge in [-0.25, -0.2) is 4.79 Å². The van der Waals surface area contributed by atoms with Gasteiger partial charge in [0.25, 0.3) is 5.91 Å². The first-order chi connectivity index (χ1) is 5.20. The third-order valence-electron chi connectivity index (χ3n) is 0.980. The Kier molecular flexibility index (Phi) is 2.22. The Morgan fingerprint density at radius 1 is 1.55 bits per heavy atom. The molecule has 1 rings (SSSR count). The largest absolute Gasteiger partial charge is 0.350 e. The van der Waals surface area contributed by atoms with E-state index in [-0.39, 0.29) is 0 Å². The minimum atomic E-state index is -0.957. The second-order valence-corrected chi connectivity index (χ2v) is 2.55. The molecule has 57 valence electrons. The van der Waals surface area contributed by atoms with Crippen molar-refractivity contribution in [3.63, 3.8) is 0 Å². The molecular formula is C6H5N2O2S. The van der Waals surface area contributed by atoms with E-state index in [9.17, 15) is 9.59 Å². The Bertz CT molecular complexity index is 268. The summed E-state index contributed by atoms with van der Waals surface area (Å²) in [7, 11) is 0. The van der Waals surface area contributed by atoms with Crippen LogP contribution in [0.4, 0.5) is 4.79 Å². The molecule has 4 nitrogen and oxygen atoms in total. The first-order valence-electron chi connectivity index (χ1n) is 2.78. The van der Waals surface area contributed by atoms with Crippen molar-refractivity contribution in [3.05, 3.63) is 22.4 Å². The third-order valence-corrected chi connectivity index (χ3v) is 1.66. The van der Waals surface area contributed by atoms with Gasteiger partial charge in [-0.05, 0) is 11.4 Å². The van der Waals surface area contributed by atoms with Crippen molar-refractivity contribution in [1.29, 1.82) is 0 Å². The van der Waals surface area contributed by atoms with Crippen LogP contribution in [0.15, 0.2) is 16.8 Å². The predicted octanol–water partition coefficient (Wildman–Crippen LogP) is 0.571. The van der Waals surface area contributed by atoms with Gasteiger partial charge in [-0.15, -0.1) is 0 Å². The zero-order valence-corrected chi connectivity index (χ0v) is 6.30. The fourth-order valence-corrected chi connectivity index (χ4v) is 1.18. The smallest absolute Gasteiger partial charge is 0.341 e. The van der Waals surface area contributed by atoms with E-state index in [4.69, 9.17) is 0 Å². The summed E-state index contributed by atoms with van der Waals surface area (Å²) in [6, 6.07) is 0.626. The molecule has 1 heterocycles. The molecular weight excluding hydrogens is 164 g/mol. The van der Waals surface area contributed by atoms with E-state index in [0.29, 0.717) is 5.56 Å². The number of hydrogen-bond acceptors (Lipinski definition) is 3. The summed E-state index contributed by atoms with van der Waals surface area (Å²) in [5.41, 5.74) is 5.07. The van der Waals surface area contributed by atoms with Crippen molar-refractivity contribution < 1.29 is 9.59 Å². The van der Waals surface area contributed by atoms with Crippen LogP contribution in [0.2, 0.25) is 0 Å². The summed E-state index contributed by atoms with van der Waals surface area (Å²) in [6.45, 7) is 0. The molecule has 11 heavy (non-hydrogen) atoms. The molecule has 0 fully saturated rings. The van der Waals surface area contributed by atoms with Gasteiger partial charge in [-0.2, -0.15) is 16.7 Å². The van der Waals surface area contributed by atoms with E-state index in [1.54, 1.807) is 16.8 Å². The summed E-state index contributed by atoms with van der Waals surface area (Å²) in [6.07, 6.45) is 0. The molecule has 1 aromatic rings. The maximum atomic E-state index is 10.9. The van der Waals surface area contributed by atoms with E-state index in [0.717, 1.165) is 0 Å². The molecule has 0 atom stereocenters. The van der Waals surface area contributed by atoms with Gasteiger partial charge < -0.3 is 5.73 Å². The number of carbonyl (C=O) groups is 2. The van der Waals surface area contributed by atoms with E-state index >= 15 is 0 Å². The van der Waals surface area contributed by atoms with Crippen molar-refractivity contribution in [3.8, 4) is 0 Å². The normalized spacial score (nSPS) is 9.09. The quantitative estimate of drug-likeness (QED) is 0.667.